The van der Waals surface area contributed by atoms with E-state index in [2.05, 4.69) is 6.58 Å². The van der Waals surface area contributed by atoms with Gasteiger partial charge in [-0.3, -0.25) is 4.79 Å². The highest BCUT2D eigenvalue weighted by Gasteiger charge is 2.31. The summed E-state index contributed by atoms with van der Waals surface area (Å²) in [5, 5.41) is 0. The van der Waals surface area contributed by atoms with Crippen molar-refractivity contribution < 1.29 is 22.4 Å². The second kappa shape index (κ2) is 4.69. The van der Waals surface area contributed by atoms with Crippen molar-refractivity contribution in [2.24, 2.45) is 0 Å². The summed E-state index contributed by atoms with van der Waals surface area (Å²) in [4.78, 5) is 11.5. The van der Waals surface area contributed by atoms with Crippen molar-refractivity contribution in [1.82, 2.24) is 0 Å². The molecule has 1 rings (SSSR count). The first-order chi connectivity index (χ1) is 7.71. The molecule has 0 aliphatic heterocycles. The Morgan fingerprint density at radius 2 is 1.94 bits per heavy atom. The molecule has 0 aromatic heterocycles. The minimum absolute atomic E-state index is 0.168. The summed E-state index contributed by atoms with van der Waals surface area (Å²) in [6, 6.07) is 1.78. The van der Waals surface area contributed by atoms with Crippen LogP contribution in [0, 0.1) is 5.82 Å². The monoisotopic (exact) mass is 246 g/mol. The van der Waals surface area contributed by atoms with E-state index < -0.39 is 28.9 Å². The number of benzene rings is 1. The molecule has 0 spiro atoms. The Kier molecular flexibility index (Phi) is 3.70. The van der Waals surface area contributed by atoms with E-state index in [0.29, 0.717) is 23.8 Å². The molecule has 92 valence electrons. The van der Waals surface area contributed by atoms with Gasteiger partial charge in [0, 0.05) is 6.42 Å². The van der Waals surface area contributed by atoms with Crippen molar-refractivity contribution in [1.29, 1.82) is 0 Å². The third-order valence-corrected chi connectivity index (χ3v) is 2.06. The van der Waals surface area contributed by atoms with Crippen molar-refractivity contribution in [3.8, 4) is 0 Å². The number of hydrogen-bond donors (Lipinski definition) is 0. The van der Waals surface area contributed by atoms with Crippen LogP contribution in [-0.2, 0) is 6.18 Å². The number of carbonyl (C=O) groups excluding carboxylic acids is 1. The third kappa shape index (κ3) is 3.41. The van der Waals surface area contributed by atoms with E-state index in [1.54, 1.807) is 6.92 Å². The topological polar surface area (TPSA) is 17.1 Å². The minimum atomic E-state index is -4.59. The van der Waals surface area contributed by atoms with Gasteiger partial charge in [-0.25, -0.2) is 4.39 Å². The molecular formula is C12H10F4O. The van der Waals surface area contributed by atoms with Crippen molar-refractivity contribution in [2.45, 2.75) is 19.5 Å². The predicted molar refractivity (Wildman–Crippen MR) is 55.2 cm³/mol. The van der Waals surface area contributed by atoms with Gasteiger partial charge in [0.25, 0.3) is 0 Å². The first-order valence-corrected chi connectivity index (χ1v) is 4.76. The van der Waals surface area contributed by atoms with Crippen LogP contribution >= 0.6 is 0 Å². The van der Waals surface area contributed by atoms with Crippen LogP contribution in [0.25, 0.3) is 0 Å². The molecule has 0 amide bonds. The van der Waals surface area contributed by atoms with Gasteiger partial charge in [0.15, 0.2) is 5.78 Å². The van der Waals surface area contributed by atoms with Gasteiger partial charge >= 0.3 is 6.18 Å². The van der Waals surface area contributed by atoms with Crippen molar-refractivity contribution in [3.05, 3.63) is 47.3 Å². The molecule has 0 aliphatic carbocycles. The van der Waals surface area contributed by atoms with Crippen LogP contribution in [0.5, 0.6) is 0 Å². The van der Waals surface area contributed by atoms with Crippen LogP contribution in [0.15, 0.2) is 30.4 Å². The smallest absolute Gasteiger partial charge is 0.294 e. The van der Waals surface area contributed by atoms with Crippen LogP contribution in [-0.4, -0.2) is 5.78 Å². The second-order valence-corrected chi connectivity index (χ2v) is 3.75. The molecule has 0 unspecified atom stereocenters. The SMILES string of the molecule is C=C(C)CC(=O)c1cc(C(F)(F)F)ccc1F. The Morgan fingerprint density at radius 1 is 1.35 bits per heavy atom. The predicted octanol–water partition coefficient (Wildman–Crippen LogP) is 3.99. The maximum absolute atomic E-state index is 13.2. The number of allylic oxidation sites excluding steroid dienone is 1. The largest absolute Gasteiger partial charge is 0.416 e. The zero-order chi connectivity index (χ0) is 13.2. The van der Waals surface area contributed by atoms with Gasteiger partial charge in [0.1, 0.15) is 5.82 Å². The molecule has 0 atom stereocenters. The van der Waals surface area contributed by atoms with E-state index in [0.717, 1.165) is 0 Å². The standard InChI is InChI=1S/C12H10F4O/c1-7(2)5-11(17)9-6-8(12(14,15)16)3-4-10(9)13/h3-4,6H,1,5H2,2H3. The summed E-state index contributed by atoms with van der Waals surface area (Å²) in [7, 11) is 0. The van der Waals surface area contributed by atoms with E-state index >= 15 is 0 Å². The molecule has 5 heteroatoms. The van der Waals surface area contributed by atoms with Crippen LogP contribution in [0.4, 0.5) is 17.6 Å². The molecule has 1 aromatic rings. The Hall–Kier alpha value is -1.65. The van der Waals surface area contributed by atoms with Gasteiger partial charge in [0.2, 0.25) is 0 Å². The first-order valence-electron chi connectivity index (χ1n) is 4.76. The lowest BCUT2D eigenvalue weighted by molar-refractivity contribution is -0.137. The summed E-state index contributed by atoms with van der Waals surface area (Å²) in [5.74, 6) is -1.66. The van der Waals surface area contributed by atoms with Crippen molar-refractivity contribution >= 4 is 5.78 Å². The fourth-order valence-corrected chi connectivity index (χ4v) is 1.28. The maximum atomic E-state index is 13.2. The number of carbonyl (C=O) groups is 1. The average molecular weight is 246 g/mol. The molecule has 0 saturated carbocycles. The van der Waals surface area contributed by atoms with E-state index in [4.69, 9.17) is 0 Å². The molecule has 0 radical (unpaired) electrons. The van der Waals surface area contributed by atoms with E-state index in [1.165, 1.54) is 0 Å². The van der Waals surface area contributed by atoms with Gasteiger partial charge in [-0.1, -0.05) is 12.2 Å². The first kappa shape index (κ1) is 13.4. The molecule has 0 N–H and O–H groups in total. The van der Waals surface area contributed by atoms with Crippen molar-refractivity contribution in [2.75, 3.05) is 0 Å². The zero-order valence-electron chi connectivity index (χ0n) is 9.07. The second-order valence-electron chi connectivity index (χ2n) is 3.75. The molecule has 0 aliphatic rings. The molecule has 0 fully saturated rings. The number of halogens is 4. The van der Waals surface area contributed by atoms with E-state index in [1.807, 2.05) is 0 Å². The number of alkyl halides is 3. The van der Waals surface area contributed by atoms with Gasteiger partial charge in [-0.2, -0.15) is 13.2 Å². The quantitative estimate of drug-likeness (QED) is 0.447. The van der Waals surface area contributed by atoms with Crippen LogP contribution in [0.1, 0.15) is 29.3 Å². The zero-order valence-corrected chi connectivity index (χ0v) is 9.07. The van der Waals surface area contributed by atoms with Gasteiger partial charge < -0.3 is 0 Å². The van der Waals surface area contributed by atoms with Gasteiger partial charge in [0.05, 0.1) is 11.1 Å². The Morgan fingerprint density at radius 3 is 2.41 bits per heavy atom. The molecule has 0 heterocycles. The highest BCUT2D eigenvalue weighted by molar-refractivity contribution is 5.97. The van der Waals surface area contributed by atoms with Crippen LogP contribution < -0.4 is 0 Å². The van der Waals surface area contributed by atoms with Crippen LogP contribution in [0.3, 0.4) is 0 Å². The Bertz CT molecular complexity index is 460. The summed E-state index contributed by atoms with van der Waals surface area (Å²) < 4.78 is 50.4. The lowest BCUT2D eigenvalue weighted by Crippen LogP contribution is -2.09. The van der Waals surface area contributed by atoms with E-state index in [-0.39, 0.29) is 6.42 Å². The van der Waals surface area contributed by atoms with E-state index in [9.17, 15) is 22.4 Å². The summed E-state index contributed by atoms with van der Waals surface area (Å²) in [6.45, 7) is 5.00. The lowest BCUT2D eigenvalue weighted by atomic mass is 10.0. The Labute approximate surface area is 95.8 Å². The van der Waals surface area contributed by atoms with Gasteiger partial charge in [-0.05, 0) is 25.1 Å². The molecular weight excluding hydrogens is 236 g/mol. The van der Waals surface area contributed by atoms with Crippen molar-refractivity contribution in [3.63, 3.8) is 0 Å². The average Bonchev–Trinajstić information content (AvgIpc) is 2.15. The fourth-order valence-electron chi connectivity index (χ4n) is 1.28. The molecule has 0 saturated heterocycles. The molecule has 0 bridgehead atoms. The number of rotatable bonds is 3. The number of ketones is 1. The van der Waals surface area contributed by atoms with Gasteiger partial charge in [-0.15, -0.1) is 0 Å². The summed E-state index contributed by atoms with van der Waals surface area (Å²) >= 11 is 0. The minimum Gasteiger partial charge on any atom is -0.294 e. The fraction of sp³-hybridized carbons (Fsp3) is 0.250. The van der Waals surface area contributed by atoms with Crippen LogP contribution in [0.2, 0.25) is 0 Å². The molecule has 1 aromatic carbocycles. The highest BCUT2D eigenvalue weighted by Crippen LogP contribution is 2.30. The number of hydrogen-bond acceptors (Lipinski definition) is 1. The molecule has 1 nitrogen and oxygen atoms in total. The number of Topliss-reactive ketones (excluding diaryl/α,β-unsaturated/α-hetero) is 1. The Balaban J connectivity index is 3.15. The third-order valence-electron chi connectivity index (χ3n) is 2.06. The highest BCUT2D eigenvalue weighted by atomic mass is 19.4. The summed E-state index contributed by atoms with van der Waals surface area (Å²) in [6.07, 6.45) is -4.76. The summed E-state index contributed by atoms with van der Waals surface area (Å²) in [5.41, 5.74) is -1.13. The molecule has 17 heavy (non-hydrogen) atoms. The lowest BCUT2D eigenvalue weighted by Gasteiger charge is -2.09. The maximum Gasteiger partial charge on any atom is 0.416 e. The normalized spacial score (nSPS) is 11.4.